The van der Waals surface area contributed by atoms with Gasteiger partial charge in [0.2, 0.25) is 0 Å². The van der Waals surface area contributed by atoms with Gasteiger partial charge >= 0.3 is 0 Å². The van der Waals surface area contributed by atoms with E-state index < -0.39 is 0 Å². The monoisotopic (exact) mass is 370 g/mol. The summed E-state index contributed by atoms with van der Waals surface area (Å²) in [7, 11) is 0. The Morgan fingerprint density at radius 2 is 1.78 bits per heavy atom. The molecule has 5 nitrogen and oxygen atoms in total. The van der Waals surface area contributed by atoms with Crippen molar-refractivity contribution >= 4 is 11.6 Å². The Morgan fingerprint density at radius 3 is 2.26 bits per heavy atom. The summed E-state index contributed by atoms with van der Waals surface area (Å²) in [6, 6.07) is 10.4. The molecule has 0 radical (unpaired) electrons. The van der Waals surface area contributed by atoms with Crippen LogP contribution in [0.25, 0.3) is 0 Å². The van der Waals surface area contributed by atoms with E-state index in [9.17, 15) is 10.1 Å². The van der Waals surface area contributed by atoms with Gasteiger partial charge in [-0.25, -0.2) is 0 Å². The number of carbonyl (C=O) groups is 1. The molecule has 1 aromatic rings. The standard InChI is InChI=1S/C22H34N4O/c1-5-7-12-24(6-2)20-10-8-19(9-11-20)22(27)26-15-13-25(14-16-26)21(17-23)18(3)4/h8-11,18,21H,5-7,12-16H2,1-4H3. The second-order valence-electron chi connectivity index (χ2n) is 7.63. The Labute approximate surface area is 164 Å². The Hall–Kier alpha value is -2.06. The topological polar surface area (TPSA) is 50.6 Å². The quantitative estimate of drug-likeness (QED) is 0.701. The summed E-state index contributed by atoms with van der Waals surface area (Å²) in [6.07, 6.45) is 2.36. The molecular formula is C22H34N4O. The summed E-state index contributed by atoms with van der Waals surface area (Å²) in [6.45, 7) is 13.5. The van der Waals surface area contributed by atoms with Crippen LogP contribution in [-0.2, 0) is 0 Å². The summed E-state index contributed by atoms with van der Waals surface area (Å²) in [5.41, 5.74) is 1.93. The third-order valence-corrected chi connectivity index (χ3v) is 5.40. The van der Waals surface area contributed by atoms with Crippen LogP contribution in [0.3, 0.4) is 0 Å². The first-order chi connectivity index (χ1) is 13.0. The van der Waals surface area contributed by atoms with E-state index in [1.165, 1.54) is 18.5 Å². The van der Waals surface area contributed by atoms with Crippen molar-refractivity contribution in [3.05, 3.63) is 29.8 Å². The van der Waals surface area contributed by atoms with E-state index in [0.29, 0.717) is 19.0 Å². The van der Waals surface area contributed by atoms with Crippen molar-refractivity contribution in [3.8, 4) is 6.07 Å². The predicted octanol–water partition coefficient (Wildman–Crippen LogP) is 3.62. The molecule has 1 aliphatic heterocycles. The minimum absolute atomic E-state index is 0.0651. The lowest BCUT2D eigenvalue weighted by molar-refractivity contribution is 0.0577. The lowest BCUT2D eigenvalue weighted by Crippen LogP contribution is -2.52. The van der Waals surface area contributed by atoms with Crippen LogP contribution in [0.1, 0.15) is 50.9 Å². The van der Waals surface area contributed by atoms with Crippen LogP contribution in [0.15, 0.2) is 24.3 Å². The molecule has 0 aromatic heterocycles. The van der Waals surface area contributed by atoms with E-state index in [-0.39, 0.29) is 11.9 Å². The van der Waals surface area contributed by atoms with Crippen molar-refractivity contribution < 1.29 is 4.79 Å². The highest BCUT2D eigenvalue weighted by Crippen LogP contribution is 2.19. The van der Waals surface area contributed by atoms with Crippen LogP contribution in [0, 0.1) is 17.2 Å². The number of rotatable bonds is 8. The first kappa shape index (κ1) is 21.2. The number of nitrogens with zero attached hydrogens (tertiary/aromatic N) is 4. The van der Waals surface area contributed by atoms with Crippen LogP contribution in [0.2, 0.25) is 0 Å². The van der Waals surface area contributed by atoms with Crippen molar-refractivity contribution in [1.29, 1.82) is 5.26 Å². The van der Waals surface area contributed by atoms with Gasteiger partial charge in [-0.1, -0.05) is 27.2 Å². The fourth-order valence-corrected chi connectivity index (χ4v) is 3.67. The number of hydrogen-bond acceptors (Lipinski definition) is 4. The first-order valence-electron chi connectivity index (χ1n) is 10.3. The Bertz CT molecular complexity index is 627. The maximum atomic E-state index is 12.8. The number of amides is 1. The number of piperazine rings is 1. The molecule has 1 aromatic carbocycles. The van der Waals surface area contributed by atoms with Gasteiger partial charge in [0.15, 0.2) is 0 Å². The van der Waals surface area contributed by atoms with Gasteiger partial charge in [0.25, 0.3) is 5.91 Å². The van der Waals surface area contributed by atoms with Crippen molar-refractivity contribution in [2.24, 2.45) is 5.92 Å². The van der Waals surface area contributed by atoms with Gasteiger partial charge < -0.3 is 9.80 Å². The summed E-state index contributed by atoms with van der Waals surface area (Å²) in [4.78, 5) is 19.3. The highest BCUT2D eigenvalue weighted by atomic mass is 16.2. The van der Waals surface area contributed by atoms with Gasteiger partial charge in [-0.15, -0.1) is 0 Å². The number of unbranched alkanes of at least 4 members (excludes halogenated alkanes) is 1. The molecule has 1 aliphatic rings. The highest BCUT2D eigenvalue weighted by molar-refractivity contribution is 5.94. The molecule has 0 N–H and O–H groups in total. The van der Waals surface area contributed by atoms with Crippen LogP contribution in [-0.4, -0.2) is 61.0 Å². The van der Waals surface area contributed by atoms with Crippen molar-refractivity contribution in [1.82, 2.24) is 9.80 Å². The van der Waals surface area contributed by atoms with E-state index in [1.807, 2.05) is 17.0 Å². The van der Waals surface area contributed by atoms with Crippen LogP contribution in [0.5, 0.6) is 0 Å². The second-order valence-corrected chi connectivity index (χ2v) is 7.63. The Morgan fingerprint density at radius 1 is 1.15 bits per heavy atom. The molecule has 5 heteroatoms. The smallest absolute Gasteiger partial charge is 0.253 e. The number of benzene rings is 1. The van der Waals surface area contributed by atoms with Crippen molar-refractivity contribution in [2.45, 2.75) is 46.6 Å². The molecule has 1 saturated heterocycles. The molecule has 0 aliphatic carbocycles. The van der Waals surface area contributed by atoms with E-state index in [0.717, 1.165) is 31.7 Å². The maximum Gasteiger partial charge on any atom is 0.253 e. The molecule has 1 amide bonds. The molecule has 148 valence electrons. The summed E-state index contributed by atoms with van der Waals surface area (Å²) >= 11 is 0. The molecule has 1 heterocycles. The summed E-state index contributed by atoms with van der Waals surface area (Å²) < 4.78 is 0. The minimum Gasteiger partial charge on any atom is -0.372 e. The third kappa shape index (κ3) is 5.46. The molecule has 27 heavy (non-hydrogen) atoms. The molecule has 1 unspecified atom stereocenters. The molecule has 1 atom stereocenters. The summed E-state index contributed by atoms with van der Waals surface area (Å²) in [5.74, 6) is 0.398. The first-order valence-corrected chi connectivity index (χ1v) is 10.3. The number of nitriles is 1. The molecule has 0 saturated carbocycles. The zero-order chi connectivity index (χ0) is 19.8. The molecule has 2 rings (SSSR count). The van der Waals surface area contributed by atoms with Gasteiger partial charge in [-0.2, -0.15) is 5.26 Å². The van der Waals surface area contributed by atoms with Gasteiger partial charge in [-0.05, 0) is 43.5 Å². The van der Waals surface area contributed by atoms with Crippen molar-refractivity contribution in [3.63, 3.8) is 0 Å². The average molecular weight is 371 g/mol. The second kappa shape index (κ2) is 10.3. The van der Waals surface area contributed by atoms with Crippen LogP contribution >= 0.6 is 0 Å². The molecule has 0 bridgehead atoms. The molecule has 1 fully saturated rings. The number of anilines is 1. The van der Waals surface area contributed by atoms with E-state index in [1.54, 1.807) is 0 Å². The highest BCUT2D eigenvalue weighted by Gasteiger charge is 2.28. The van der Waals surface area contributed by atoms with Crippen molar-refractivity contribution in [2.75, 3.05) is 44.2 Å². The SMILES string of the molecule is CCCCN(CC)c1ccc(C(=O)N2CCN(C(C#N)C(C)C)CC2)cc1. The third-order valence-electron chi connectivity index (χ3n) is 5.40. The van der Waals surface area contributed by atoms with Gasteiger partial charge in [0, 0.05) is 50.5 Å². The van der Waals surface area contributed by atoms with Gasteiger partial charge in [-0.3, -0.25) is 9.69 Å². The molecular weight excluding hydrogens is 336 g/mol. The van der Waals surface area contributed by atoms with E-state index >= 15 is 0 Å². The minimum atomic E-state index is -0.0651. The zero-order valence-corrected chi connectivity index (χ0v) is 17.3. The van der Waals surface area contributed by atoms with Crippen LogP contribution in [0.4, 0.5) is 5.69 Å². The number of hydrogen-bond donors (Lipinski definition) is 0. The van der Waals surface area contributed by atoms with Gasteiger partial charge in [0.1, 0.15) is 6.04 Å². The predicted molar refractivity (Wildman–Crippen MR) is 111 cm³/mol. The Balaban J connectivity index is 1.96. The summed E-state index contributed by atoms with van der Waals surface area (Å²) in [5, 5.41) is 9.37. The fraction of sp³-hybridized carbons (Fsp3) is 0.636. The zero-order valence-electron chi connectivity index (χ0n) is 17.3. The van der Waals surface area contributed by atoms with Crippen LogP contribution < -0.4 is 4.90 Å². The lowest BCUT2D eigenvalue weighted by atomic mass is 10.0. The molecule has 0 spiro atoms. The lowest BCUT2D eigenvalue weighted by Gasteiger charge is -2.38. The fourth-order valence-electron chi connectivity index (χ4n) is 3.67. The van der Waals surface area contributed by atoms with Gasteiger partial charge in [0.05, 0.1) is 6.07 Å². The average Bonchev–Trinajstić information content (AvgIpc) is 2.69. The largest absolute Gasteiger partial charge is 0.372 e. The van der Waals surface area contributed by atoms with E-state index in [2.05, 4.69) is 55.7 Å². The Kier molecular flexibility index (Phi) is 8.12. The normalized spacial score (nSPS) is 16.2. The van der Waals surface area contributed by atoms with E-state index in [4.69, 9.17) is 0 Å². The maximum absolute atomic E-state index is 12.8. The number of carbonyl (C=O) groups excluding carboxylic acids is 1.